The third-order valence-electron chi connectivity index (χ3n) is 2.41. The van der Waals surface area contributed by atoms with Gasteiger partial charge in [0.2, 0.25) is 0 Å². The second kappa shape index (κ2) is 4.11. The van der Waals surface area contributed by atoms with Crippen LogP contribution in [0.1, 0.15) is 35.1 Å². The lowest BCUT2D eigenvalue weighted by molar-refractivity contribution is 0.168. The number of aliphatic hydroxyl groups is 1. The molecule has 1 heterocycles. The van der Waals surface area contributed by atoms with Crippen LogP contribution in [0, 0.1) is 13.8 Å². The van der Waals surface area contributed by atoms with Crippen LogP contribution in [0.4, 0.5) is 0 Å². The molecular weight excluding hydrogens is 248 g/mol. The average molecular weight is 263 g/mol. The third-order valence-corrected chi connectivity index (χ3v) is 4.73. The first-order chi connectivity index (χ1) is 5.95. The molecule has 0 aromatic carbocycles. The quantitative estimate of drug-likeness (QED) is 0.864. The van der Waals surface area contributed by atoms with Crippen LogP contribution < -0.4 is 0 Å². The van der Waals surface area contributed by atoms with Crippen molar-refractivity contribution in [2.75, 3.05) is 0 Å². The normalized spacial score (nSPS) is 15.8. The van der Waals surface area contributed by atoms with Crippen molar-refractivity contribution >= 4 is 27.3 Å². The smallest absolute Gasteiger partial charge is 0.0578 e. The van der Waals surface area contributed by atoms with E-state index in [-0.39, 0.29) is 12.0 Å². The molecule has 1 nitrogen and oxygen atoms in total. The Morgan fingerprint density at radius 2 is 1.77 bits per heavy atom. The number of aryl methyl sites for hydroxylation is 2. The number of aliphatic hydroxyl groups excluding tert-OH is 1. The minimum absolute atomic E-state index is 0.208. The Labute approximate surface area is 91.9 Å². The summed E-state index contributed by atoms with van der Waals surface area (Å²) in [5.74, 6) is 0.208. The Balaban J connectivity index is 3.13. The van der Waals surface area contributed by atoms with Gasteiger partial charge in [0.1, 0.15) is 0 Å². The Kier molecular flexibility index (Phi) is 3.55. The minimum Gasteiger partial charge on any atom is -0.393 e. The van der Waals surface area contributed by atoms with Gasteiger partial charge in [-0.15, -0.1) is 11.3 Å². The van der Waals surface area contributed by atoms with E-state index in [1.54, 1.807) is 11.3 Å². The highest BCUT2D eigenvalue weighted by molar-refractivity contribution is 9.10. The fourth-order valence-corrected chi connectivity index (χ4v) is 3.52. The summed E-state index contributed by atoms with van der Waals surface area (Å²) in [6.45, 7) is 8.10. The zero-order valence-corrected chi connectivity index (χ0v) is 10.8. The van der Waals surface area contributed by atoms with Crippen LogP contribution in [-0.4, -0.2) is 11.2 Å². The molecule has 0 saturated carbocycles. The van der Waals surface area contributed by atoms with Crippen LogP contribution in [0.2, 0.25) is 0 Å². The number of thiophene rings is 1. The summed E-state index contributed by atoms with van der Waals surface area (Å²) < 4.78 is 1.17. The maximum atomic E-state index is 9.52. The van der Waals surface area contributed by atoms with E-state index in [1.807, 2.05) is 6.92 Å². The van der Waals surface area contributed by atoms with Crippen LogP contribution in [-0.2, 0) is 0 Å². The summed E-state index contributed by atoms with van der Waals surface area (Å²) in [5, 5.41) is 9.52. The van der Waals surface area contributed by atoms with Crippen LogP contribution >= 0.6 is 27.3 Å². The van der Waals surface area contributed by atoms with Gasteiger partial charge in [-0.1, -0.05) is 6.92 Å². The fraction of sp³-hybridized carbons (Fsp3) is 0.600. The zero-order valence-electron chi connectivity index (χ0n) is 8.39. The number of rotatable bonds is 2. The second-order valence-electron chi connectivity index (χ2n) is 3.47. The van der Waals surface area contributed by atoms with Gasteiger partial charge in [0.05, 0.1) is 6.10 Å². The highest BCUT2D eigenvalue weighted by atomic mass is 79.9. The van der Waals surface area contributed by atoms with Crippen LogP contribution in [0.15, 0.2) is 4.47 Å². The molecule has 1 N–H and O–H groups in total. The molecule has 0 fully saturated rings. The van der Waals surface area contributed by atoms with Gasteiger partial charge in [-0.25, -0.2) is 0 Å². The van der Waals surface area contributed by atoms with E-state index in [9.17, 15) is 5.11 Å². The van der Waals surface area contributed by atoms with E-state index in [4.69, 9.17) is 0 Å². The molecule has 74 valence electrons. The van der Waals surface area contributed by atoms with E-state index < -0.39 is 0 Å². The summed E-state index contributed by atoms with van der Waals surface area (Å²) in [5.41, 5.74) is 1.26. The molecule has 0 radical (unpaired) electrons. The van der Waals surface area contributed by atoms with Crippen molar-refractivity contribution in [2.24, 2.45) is 0 Å². The number of hydrogen-bond donors (Lipinski definition) is 1. The first-order valence-electron chi connectivity index (χ1n) is 4.38. The summed E-state index contributed by atoms with van der Waals surface area (Å²) in [4.78, 5) is 2.60. The molecule has 2 atom stereocenters. The summed E-state index contributed by atoms with van der Waals surface area (Å²) in [6, 6.07) is 0. The van der Waals surface area contributed by atoms with Crippen LogP contribution in [0.5, 0.6) is 0 Å². The lowest BCUT2D eigenvalue weighted by Gasteiger charge is -2.15. The largest absolute Gasteiger partial charge is 0.393 e. The second-order valence-corrected chi connectivity index (χ2v) is 5.69. The lowest BCUT2D eigenvalue weighted by Crippen LogP contribution is -2.11. The van der Waals surface area contributed by atoms with E-state index in [2.05, 4.69) is 36.7 Å². The SMILES string of the molecule is Cc1sc(C)c(C(C)C(C)O)c1Br. The average Bonchev–Trinajstić information content (AvgIpc) is 2.26. The molecule has 0 bridgehead atoms. The van der Waals surface area contributed by atoms with Gasteiger partial charge in [-0.3, -0.25) is 0 Å². The van der Waals surface area contributed by atoms with Gasteiger partial charge >= 0.3 is 0 Å². The molecule has 1 aromatic rings. The maximum absolute atomic E-state index is 9.52. The van der Waals surface area contributed by atoms with Crippen molar-refractivity contribution in [2.45, 2.75) is 39.7 Å². The zero-order chi connectivity index (χ0) is 10.2. The summed E-state index contributed by atoms with van der Waals surface area (Å²) in [7, 11) is 0. The van der Waals surface area contributed by atoms with Gasteiger partial charge in [-0.2, -0.15) is 0 Å². The highest BCUT2D eigenvalue weighted by Crippen LogP contribution is 2.38. The molecule has 0 aliphatic rings. The lowest BCUT2D eigenvalue weighted by atomic mass is 9.97. The third kappa shape index (κ3) is 2.14. The first kappa shape index (κ1) is 11.2. The molecular formula is C10H15BrOS. The van der Waals surface area contributed by atoms with Gasteiger partial charge in [0.15, 0.2) is 0 Å². The minimum atomic E-state index is -0.288. The molecule has 1 rings (SSSR count). The molecule has 3 heteroatoms. The standard InChI is InChI=1S/C10H15BrOS/c1-5(6(2)12)9-7(3)13-8(4)10(9)11/h5-6,12H,1-4H3. The molecule has 0 amide bonds. The Bertz CT molecular complexity index is 304. The van der Waals surface area contributed by atoms with Crippen LogP contribution in [0.25, 0.3) is 0 Å². The summed E-state index contributed by atoms with van der Waals surface area (Å²) in [6.07, 6.45) is -0.288. The van der Waals surface area contributed by atoms with Crippen molar-refractivity contribution in [3.8, 4) is 0 Å². The van der Waals surface area contributed by atoms with Crippen molar-refractivity contribution in [3.63, 3.8) is 0 Å². The number of halogens is 1. The van der Waals surface area contributed by atoms with Crippen LogP contribution in [0.3, 0.4) is 0 Å². The molecule has 1 aromatic heterocycles. The maximum Gasteiger partial charge on any atom is 0.0578 e. The fourth-order valence-electron chi connectivity index (χ4n) is 1.44. The molecule has 0 saturated heterocycles. The van der Waals surface area contributed by atoms with Crippen molar-refractivity contribution < 1.29 is 5.11 Å². The van der Waals surface area contributed by atoms with E-state index in [0.29, 0.717) is 0 Å². The van der Waals surface area contributed by atoms with E-state index in [0.717, 1.165) is 0 Å². The van der Waals surface area contributed by atoms with Crippen molar-refractivity contribution in [1.82, 2.24) is 0 Å². The van der Waals surface area contributed by atoms with Gasteiger partial charge < -0.3 is 5.11 Å². The predicted molar refractivity (Wildman–Crippen MR) is 61.6 cm³/mol. The highest BCUT2D eigenvalue weighted by Gasteiger charge is 2.20. The molecule has 0 aliphatic heterocycles. The molecule has 0 spiro atoms. The molecule has 2 unspecified atom stereocenters. The van der Waals surface area contributed by atoms with Gasteiger partial charge in [0.25, 0.3) is 0 Å². The Morgan fingerprint density at radius 3 is 2.08 bits per heavy atom. The molecule has 13 heavy (non-hydrogen) atoms. The topological polar surface area (TPSA) is 20.2 Å². The molecule has 0 aliphatic carbocycles. The Hall–Kier alpha value is 0.140. The van der Waals surface area contributed by atoms with E-state index in [1.165, 1.54) is 19.8 Å². The summed E-state index contributed by atoms with van der Waals surface area (Å²) >= 11 is 5.35. The number of hydrogen-bond acceptors (Lipinski definition) is 2. The Morgan fingerprint density at radius 1 is 1.23 bits per heavy atom. The van der Waals surface area contributed by atoms with Gasteiger partial charge in [0, 0.05) is 20.1 Å². The van der Waals surface area contributed by atoms with Gasteiger partial charge in [-0.05, 0) is 42.3 Å². The first-order valence-corrected chi connectivity index (χ1v) is 5.99. The predicted octanol–water partition coefficient (Wildman–Crippen LogP) is 3.61. The van der Waals surface area contributed by atoms with Crippen molar-refractivity contribution in [1.29, 1.82) is 0 Å². The monoisotopic (exact) mass is 262 g/mol. The van der Waals surface area contributed by atoms with Crippen molar-refractivity contribution in [3.05, 3.63) is 19.8 Å². The van der Waals surface area contributed by atoms with E-state index >= 15 is 0 Å².